The van der Waals surface area contributed by atoms with Crippen LogP contribution in [0.5, 0.6) is 0 Å². The normalized spacial score (nSPS) is 12.8. The number of amides is 1. The van der Waals surface area contributed by atoms with E-state index in [1.807, 2.05) is 0 Å². The number of carbonyl (C=O) groups excluding carboxylic acids is 1. The van der Waals surface area contributed by atoms with E-state index in [0.29, 0.717) is 16.8 Å². The first kappa shape index (κ1) is 16.3. The Labute approximate surface area is 130 Å². The van der Waals surface area contributed by atoms with Gasteiger partial charge in [0.15, 0.2) is 0 Å². The van der Waals surface area contributed by atoms with Gasteiger partial charge in [0.05, 0.1) is 17.2 Å². The van der Waals surface area contributed by atoms with Crippen molar-refractivity contribution in [3.63, 3.8) is 0 Å². The molecule has 3 nitrogen and oxygen atoms in total. The summed E-state index contributed by atoms with van der Waals surface area (Å²) >= 11 is 5.86. The van der Waals surface area contributed by atoms with Crippen molar-refractivity contribution in [3.8, 4) is 0 Å². The van der Waals surface area contributed by atoms with E-state index in [0.717, 1.165) is 12.3 Å². The van der Waals surface area contributed by atoms with E-state index in [2.05, 4.69) is 10.3 Å². The number of carbonyl (C=O) groups is 1. The summed E-state index contributed by atoms with van der Waals surface area (Å²) in [6, 6.07) is 7.30. The summed E-state index contributed by atoms with van der Waals surface area (Å²) in [4.78, 5) is 15.5. The minimum atomic E-state index is -4.64. The highest BCUT2D eigenvalue weighted by Crippen LogP contribution is 2.31. The summed E-state index contributed by atoms with van der Waals surface area (Å²) < 4.78 is 38.7. The number of nitrogens with zero attached hydrogens (tertiary/aromatic N) is 1. The Bertz CT molecular complexity index is 688. The van der Waals surface area contributed by atoms with Crippen LogP contribution in [0.1, 0.15) is 34.5 Å². The van der Waals surface area contributed by atoms with Gasteiger partial charge in [-0.2, -0.15) is 13.2 Å². The number of hydrogen-bond donors (Lipinski definition) is 1. The quantitative estimate of drug-likeness (QED) is 0.915. The molecule has 7 heteroatoms. The maximum atomic E-state index is 12.9. The van der Waals surface area contributed by atoms with Crippen LogP contribution >= 0.6 is 11.6 Å². The summed E-state index contributed by atoms with van der Waals surface area (Å²) in [5.74, 6) is -0.817. The molecule has 1 aromatic carbocycles. The Hall–Kier alpha value is -2.08. The fraction of sp³-hybridized carbons (Fsp3) is 0.200. The highest BCUT2D eigenvalue weighted by molar-refractivity contribution is 6.30. The highest BCUT2D eigenvalue weighted by Gasteiger charge is 2.35. The van der Waals surface area contributed by atoms with Crippen LogP contribution in [0.25, 0.3) is 0 Å². The predicted molar refractivity (Wildman–Crippen MR) is 76.6 cm³/mol. The molecule has 0 aliphatic rings. The lowest BCUT2D eigenvalue weighted by molar-refractivity contribution is -0.138. The zero-order chi connectivity index (χ0) is 16.3. The van der Waals surface area contributed by atoms with Crippen molar-refractivity contribution in [1.29, 1.82) is 0 Å². The molecular weight excluding hydrogens is 317 g/mol. The Balaban J connectivity index is 2.23. The molecule has 1 aromatic heterocycles. The Morgan fingerprint density at radius 1 is 1.32 bits per heavy atom. The molecule has 2 rings (SSSR count). The van der Waals surface area contributed by atoms with Gasteiger partial charge in [-0.15, -0.1) is 0 Å². The van der Waals surface area contributed by atoms with Gasteiger partial charge in [0.2, 0.25) is 0 Å². The summed E-state index contributed by atoms with van der Waals surface area (Å²) in [6.45, 7) is 1.66. The third kappa shape index (κ3) is 3.76. The first-order valence-corrected chi connectivity index (χ1v) is 6.74. The maximum absolute atomic E-state index is 12.9. The zero-order valence-corrected chi connectivity index (χ0v) is 12.2. The predicted octanol–water partition coefficient (Wildman–Crippen LogP) is 4.24. The minimum absolute atomic E-state index is 0.462. The SMILES string of the molecule is CC(NC(=O)c1ccncc1C(F)(F)F)c1cccc(Cl)c1. The molecule has 0 saturated carbocycles. The number of aromatic nitrogens is 1. The largest absolute Gasteiger partial charge is 0.418 e. The molecule has 22 heavy (non-hydrogen) atoms. The van der Waals surface area contributed by atoms with Crippen molar-refractivity contribution >= 4 is 17.5 Å². The Morgan fingerprint density at radius 3 is 2.68 bits per heavy atom. The van der Waals surface area contributed by atoms with Crippen molar-refractivity contribution in [2.24, 2.45) is 0 Å². The van der Waals surface area contributed by atoms with Gasteiger partial charge in [-0.05, 0) is 30.7 Å². The second-order valence-corrected chi connectivity index (χ2v) is 5.11. The van der Waals surface area contributed by atoms with E-state index >= 15 is 0 Å². The lowest BCUT2D eigenvalue weighted by Crippen LogP contribution is -2.29. The monoisotopic (exact) mass is 328 g/mol. The van der Waals surface area contributed by atoms with Crippen LogP contribution in [-0.4, -0.2) is 10.9 Å². The number of hydrogen-bond acceptors (Lipinski definition) is 2. The van der Waals surface area contributed by atoms with Gasteiger partial charge in [0.25, 0.3) is 5.91 Å². The van der Waals surface area contributed by atoms with Crippen LogP contribution in [0.3, 0.4) is 0 Å². The van der Waals surface area contributed by atoms with Gasteiger partial charge < -0.3 is 5.32 Å². The molecule has 0 aliphatic carbocycles. The zero-order valence-electron chi connectivity index (χ0n) is 11.5. The number of pyridine rings is 1. The Morgan fingerprint density at radius 2 is 2.05 bits per heavy atom. The fourth-order valence-corrected chi connectivity index (χ4v) is 2.15. The molecule has 1 amide bonds. The van der Waals surface area contributed by atoms with Gasteiger partial charge in [-0.3, -0.25) is 9.78 Å². The van der Waals surface area contributed by atoms with Crippen molar-refractivity contribution in [3.05, 3.63) is 64.4 Å². The molecule has 0 spiro atoms. The highest BCUT2D eigenvalue weighted by atomic mass is 35.5. The van der Waals surface area contributed by atoms with Gasteiger partial charge in [0.1, 0.15) is 0 Å². The smallest absolute Gasteiger partial charge is 0.346 e. The number of benzene rings is 1. The van der Waals surface area contributed by atoms with Crippen molar-refractivity contribution < 1.29 is 18.0 Å². The molecular formula is C15H12ClF3N2O. The third-order valence-corrected chi connectivity index (χ3v) is 3.30. The molecule has 1 atom stereocenters. The molecule has 1 N–H and O–H groups in total. The van der Waals surface area contributed by atoms with E-state index in [9.17, 15) is 18.0 Å². The fourth-order valence-electron chi connectivity index (χ4n) is 1.95. The third-order valence-electron chi connectivity index (χ3n) is 3.07. The van der Waals surface area contributed by atoms with Gasteiger partial charge in [0, 0.05) is 17.4 Å². The number of alkyl halides is 3. The molecule has 0 bridgehead atoms. The number of halogens is 4. The van der Waals surface area contributed by atoms with Crippen molar-refractivity contribution in [2.75, 3.05) is 0 Å². The van der Waals surface area contributed by atoms with Gasteiger partial charge >= 0.3 is 6.18 Å². The van der Waals surface area contributed by atoms with E-state index in [1.165, 1.54) is 0 Å². The first-order valence-electron chi connectivity index (χ1n) is 6.36. The molecule has 0 fully saturated rings. The number of nitrogens with one attached hydrogen (secondary N) is 1. The van der Waals surface area contributed by atoms with Gasteiger partial charge in [-0.1, -0.05) is 23.7 Å². The lowest BCUT2D eigenvalue weighted by atomic mass is 10.1. The van der Waals surface area contributed by atoms with Crippen LogP contribution in [0.4, 0.5) is 13.2 Å². The average molecular weight is 329 g/mol. The molecule has 1 heterocycles. The van der Waals surface area contributed by atoms with Crippen LogP contribution in [-0.2, 0) is 6.18 Å². The maximum Gasteiger partial charge on any atom is 0.418 e. The average Bonchev–Trinajstić information content (AvgIpc) is 2.46. The summed E-state index contributed by atoms with van der Waals surface area (Å²) in [6.07, 6.45) is -2.85. The van der Waals surface area contributed by atoms with Crippen molar-refractivity contribution in [1.82, 2.24) is 10.3 Å². The standard InChI is InChI=1S/C15H12ClF3N2O/c1-9(10-3-2-4-11(16)7-10)21-14(22)12-5-6-20-8-13(12)15(17,18)19/h2-9H,1H3,(H,21,22). The van der Waals surface area contributed by atoms with Crippen molar-refractivity contribution in [2.45, 2.75) is 19.1 Å². The second kappa shape index (κ2) is 6.36. The molecule has 1 unspecified atom stereocenters. The molecule has 0 aliphatic heterocycles. The van der Waals surface area contributed by atoms with Crippen LogP contribution in [0.2, 0.25) is 5.02 Å². The molecule has 2 aromatic rings. The van der Waals surface area contributed by atoms with E-state index < -0.39 is 29.3 Å². The van der Waals surface area contributed by atoms with E-state index in [4.69, 9.17) is 11.6 Å². The number of rotatable bonds is 3. The summed E-state index contributed by atoms with van der Waals surface area (Å²) in [5, 5.41) is 3.01. The second-order valence-electron chi connectivity index (χ2n) is 4.67. The first-order chi connectivity index (χ1) is 10.3. The van der Waals surface area contributed by atoms with E-state index in [1.54, 1.807) is 31.2 Å². The molecule has 0 radical (unpaired) electrons. The molecule has 0 saturated heterocycles. The topological polar surface area (TPSA) is 42.0 Å². The van der Waals surface area contributed by atoms with Gasteiger partial charge in [-0.25, -0.2) is 0 Å². The summed E-state index contributed by atoms with van der Waals surface area (Å²) in [5.41, 5.74) is -0.828. The van der Waals surface area contributed by atoms with Crippen LogP contribution in [0.15, 0.2) is 42.7 Å². The van der Waals surface area contributed by atoms with Crippen LogP contribution < -0.4 is 5.32 Å². The minimum Gasteiger partial charge on any atom is -0.346 e. The Kier molecular flexibility index (Phi) is 4.71. The summed E-state index contributed by atoms with van der Waals surface area (Å²) in [7, 11) is 0. The van der Waals surface area contributed by atoms with Crippen LogP contribution in [0, 0.1) is 0 Å². The molecule has 116 valence electrons. The lowest BCUT2D eigenvalue weighted by Gasteiger charge is -2.17. The van der Waals surface area contributed by atoms with E-state index in [-0.39, 0.29) is 0 Å².